The van der Waals surface area contributed by atoms with Crippen molar-refractivity contribution in [3.8, 4) is 0 Å². The summed E-state index contributed by atoms with van der Waals surface area (Å²) in [4.78, 5) is 11.6. The van der Waals surface area contributed by atoms with Crippen LogP contribution in [0.5, 0.6) is 0 Å². The Morgan fingerprint density at radius 3 is 2.47 bits per heavy atom. The van der Waals surface area contributed by atoms with E-state index < -0.39 is 5.54 Å². The monoisotopic (exact) mass is 286 g/mol. The Bertz CT molecular complexity index is 469. The molecule has 0 saturated heterocycles. The van der Waals surface area contributed by atoms with Crippen LogP contribution in [0.4, 0.5) is 0 Å². The molecule has 1 atom stereocenters. The number of hydrogen-bond donors (Lipinski definition) is 2. The van der Waals surface area contributed by atoms with Crippen LogP contribution in [0.1, 0.15) is 38.6 Å². The van der Waals surface area contributed by atoms with Gasteiger partial charge in [0, 0.05) is 12.6 Å². The molecule has 1 rings (SSSR count). The van der Waals surface area contributed by atoms with Gasteiger partial charge in [0.05, 0.1) is 21.9 Å². The van der Waals surface area contributed by atoms with Crippen LogP contribution >= 0.6 is 11.6 Å². The van der Waals surface area contributed by atoms with Gasteiger partial charge in [0.1, 0.15) is 0 Å². The number of nitrogens with zero attached hydrogens (tertiary/aromatic N) is 2. The topological polar surface area (TPSA) is 72.9 Å². The molecule has 5 nitrogen and oxygen atoms in total. The minimum Gasteiger partial charge on any atom is -0.368 e. The van der Waals surface area contributed by atoms with Crippen LogP contribution in [0.15, 0.2) is 0 Å². The molecule has 1 aromatic rings. The molecule has 0 radical (unpaired) electrons. The van der Waals surface area contributed by atoms with Crippen molar-refractivity contribution in [2.45, 2.75) is 59.2 Å². The van der Waals surface area contributed by atoms with Gasteiger partial charge in [-0.1, -0.05) is 11.6 Å². The van der Waals surface area contributed by atoms with E-state index in [9.17, 15) is 4.79 Å². The summed E-state index contributed by atoms with van der Waals surface area (Å²) >= 11 is 6.10. The fourth-order valence-corrected chi connectivity index (χ4v) is 2.26. The lowest BCUT2D eigenvalue weighted by Gasteiger charge is -2.30. The Hall–Kier alpha value is -1.07. The van der Waals surface area contributed by atoms with Gasteiger partial charge >= 0.3 is 0 Å². The van der Waals surface area contributed by atoms with E-state index in [1.54, 1.807) is 0 Å². The van der Waals surface area contributed by atoms with Gasteiger partial charge in [0.15, 0.2) is 0 Å². The van der Waals surface area contributed by atoms with Gasteiger partial charge in [0.2, 0.25) is 5.91 Å². The molecule has 1 aromatic heterocycles. The summed E-state index contributed by atoms with van der Waals surface area (Å²) in [5, 5.41) is 8.25. The van der Waals surface area contributed by atoms with Gasteiger partial charge < -0.3 is 11.1 Å². The molecule has 0 spiro atoms. The van der Waals surface area contributed by atoms with Crippen LogP contribution in [0.25, 0.3) is 0 Å². The summed E-state index contributed by atoms with van der Waals surface area (Å²) < 4.78 is 1.82. The molecule has 0 bridgehead atoms. The largest absolute Gasteiger partial charge is 0.368 e. The lowest BCUT2D eigenvalue weighted by molar-refractivity contribution is -0.124. The van der Waals surface area contributed by atoms with E-state index in [-0.39, 0.29) is 11.9 Å². The van der Waals surface area contributed by atoms with Crippen molar-refractivity contribution in [2.75, 3.05) is 0 Å². The molecular formula is C13H23ClN4O. The van der Waals surface area contributed by atoms with Crippen molar-refractivity contribution in [3.05, 3.63) is 16.4 Å². The van der Waals surface area contributed by atoms with Gasteiger partial charge in [0.25, 0.3) is 0 Å². The average molecular weight is 287 g/mol. The Labute approximate surface area is 119 Å². The van der Waals surface area contributed by atoms with Crippen LogP contribution in [-0.2, 0) is 11.3 Å². The Morgan fingerprint density at radius 2 is 2.11 bits per heavy atom. The first-order chi connectivity index (χ1) is 8.67. The lowest BCUT2D eigenvalue weighted by Crippen LogP contribution is -2.56. The number of aromatic nitrogens is 2. The average Bonchev–Trinajstić information content (AvgIpc) is 2.53. The number of nitrogens with two attached hydrogens (primary N) is 1. The number of halogens is 1. The number of carbonyl (C=O) groups is 1. The van der Waals surface area contributed by atoms with E-state index in [4.69, 9.17) is 17.3 Å². The standard InChI is InChI=1S/C13H23ClN4O/c1-8(2)16-13(5,12(15)19)6-7-18-10(4)11(14)9(3)17-18/h8,16H,6-7H2,1-5H3,(H2,15,19). The number of carbonyl (C=O) groups excluding carboxylic acids is 1. The first-order valence-electron chi connectivity index (χ1n) is 6.44. The minimum absolute atomic E-state index is 0.182. The quantitative estimate of drug-likeness (QED) is 0.837. The van der Waals surface area contributed by atoms with Gasteiger partial charge in [-0.15, -0.1) is 0 Å². The maximum atomic E-state index is 11.6. The van der Waals surface area contributed by atoms with Crippen LogP contribution < -0.4 is 11.1 Å². The summed E-state index contributed by atoms with van der Waals surface area (Å²) in [6, 6.07) is 0.182. The summed E-state index contributed by atoms with van der Waals surface area (Å²) in [7, 11) is 0. The summed E-state index contributed by atoms with van der Waals surface area (Å²) in [5.74, 6) is -0.353. The van der Waals surface area contributed by atoms with Crippen molar-refractivity contribution >= 4 is 17.5 Å². The number of aryl methyl sites for hydroxylation is 2. The second-order valence-electron chi connectivity index (χ2n) is 5.45. The molecular weight excluding hydrogens is 264 g/mol. The van der Waals surface area contributed by atoms with Crippen molar-refractivity contribution in [1.82, 2.24) is 15.1 Å². The zero-order valence-electron chi connectivity index (χ0n) is 12.2. The van der Waals surface area contributed by atoms with E-state index in [0.29, 0.717) is 18.0 Å². The van der Waals surface area contributed by atoms with Gasteiger partial charge in [-0.25, -0.2) is 0 Å². The summed E-state index contributed by atoms with van der Waals surface area (Å²) in [6.45, 7) is 10.2. The molecule has 0 aliphatic rings. The molecule has 0 saturated carbocycles. The van der Waals surface area contributed by atoms with Crippen molar-refractivity contribution in [1.29, 1.82) is 0 Å². The third-order valence-electron chi connectivity index (χ3n) is 3.27. The zero-order valence-corrected chi connectivity index (χ0v) is 13.0. The maximum Gasteiger partial charge on any atom is 0.237 e. The molecule has 1 amide bonds. The van der Waals surface area contributed by atoms with E-state index in [1.165, 1.54) is 0 Å². The molecule has 0 aliphatic carbocycles. The first-order valence-corrected chi connectivity index (χ1v) is 6.82. The van der Waals surface area contributed by atoms with Gasteiger partial charge in [-0.2, -0.15) is 5.10 Å². The maximum absolute atomic E-state index is 11.6. The highest BCUT2D eigenvalue weighted by molar-refractivity contribution is 6.31. The van der Waals surface area contributed by atoms with Gasteiger partial charge in [-0.3, -0.25) is 9.48 Å². The molecule has 1 unspecified atom stereocenters. The molecule has 3 N–H and O–H groups in total. The van der Waals surface area contributed by atoms with E-state index in [2.05, 4.69) is 10.4 Å². The molecule has 6 heteroatoms. The Balaban J connectivity index is 2.82. The first kappa shape index (κ1) is 16.0. The second-order valence-corrected chi connectivity index (χ2v) is 5.83. The predicted molar refractivity (Wildman–Crippen MR) is 77.2 cm³/mol. The van der Waals surface area contributed by atoms with Crippen LogP contribution in [0.3, 0.4) is 0 Å². The van der Waals surface area contributed by atoms with Crippen LogP contribution in [0.2, 0.25) is 5.02 Å². The number of rotatable bonds is 6. The van der Waals surface area contributed by atoms with E-state index in [1.807, 2.05) is 39.3 Å². The van der Waals surface area contributed by atoms with Gasteiger partial charge in [-0.05, 0) is 41.0 Å². The second kappa shape index (κ2) is 5.92. The molecule has 0 fully saturated rings. The number of hydrogen-bond acceptors (Lipinski definition) is 3. The highest BCUT2D eigenvalue weighted by Gasteiger charge is 2.31. The molecule has 1 heterocycles. The van der Waals surface area contributed by atoms with E-state index in [0.717, 1.165) is 11.4 Å². The molecule has 19 heavy (non-hydrogen) atoms. The number of primary amides is 1. The lowest BCUT2D eigenvalue weighted by atomic mass is 9.96. The van der Waals surface area contributed by atoms with Crippen molar-refractivity contribution in [2.24, 2.45) is 5.73 Å². The fourth-order valence-electron chi connectivity index (χ4n) is 2.13. The predicted octanol–water partition coefficient (Wildman–Crippen LogP) is 1.79. The summed E-state index contributed by atoms with van der Waals surface area (Å²) in [5.41, 5.74) is 6.47. The van der Waals surface area contributed by atoms with Crippen molar-refractivity contribution in [3.63, 3.8) is 0 Å². The highest BCUT2D eigenvalue weighted by atomic mass is 35.5. The van der Waals surface area contributed by atoms with Crippen molar-refractivity contribution < 1.29 is 4.79 Å². The number of amides is 1. The minimum atomic E-state index is -0.743. The van der Waals surface area contributed by atoms with Crippen LogP contribution in [0, 0.1) is 13.8 Å². The SMILES string of the molecule is Cc1nn(CCC(C)(NC(C)C)C(N)=O)c(C)c1Cl. The third-order valence-corrected chi connectivity index (χ3v) is 3.81. The smallest absolute Gasteiger partial charge is 0.237 e. The Kier molecular flexibility index (Phi) is 4.98. The number of nitrogens with one attached hydrogen (secondary N) is 1. The highest BCUT2D eigenvalue weighted by Crippen LogP contribution is 2.20. The van der Waals surface area contributed by atoms with E-state index >= 15 is 0 Å². The molecule has 108 valence electrons. The zero-order chi connectivity index (χ0) is 14.8. The fraction of sp³-hybridized carbons (Fsp3) is 0.692. The molecule has 0 aliphatic heterocycles. The summed E-state index contributed by atoms with van der Waals surface area (Å²) in [6.07, 6.45) is 0.568. The van der Waals surface area contributed by atoms with Crippen LogP contribution in [-0.4, -0.2) is 27.3 Å². The Morgan fingerprint density at radius 1 is 1.53 bits per heavy atom. The normalized spacial score (nSPS) is 14.7. The third kappa shape index (κ3) is 3.70. The molecule has 0 aromatic carbocycles.